The van der Waals surface area contributed by atoms with Gasteiger partial charge in [0.1, 0.15) is 0 Å². The Balaban J connectivity index is 3.00. The SMILES string of the molecule is CC(=O)Nc1ccc(S(=O)(=O)C(Cl)Cl)cc1. The fourth-order valence-corrected chi connectivity index (χ4v) is 2.37. The first kappa shape index (κ1) is 13.3. The van der Waals surface area contributed by atoms with Crippen molar-refractivity contribution in [1.82, 2.24) is 0 Å². The molecule has 1 rings (SSSR count). The van der Waals surface area contributed by atoms with Crippen molar-refractivity contribution < 1.29 is 13.2 Å². The Hall–Kier alpha value is -0.780. The highest BCUT2D eigenvalue weighted by Gasteiger charge is 2.22. The van der Waals surface area contributed by atoms with Crippen molar-refractivity contribution in [2.24, 2.45) is 0 Å². The Morgan fingerprint density at radius 1 is 1.25 bits per heavy atom. The molecule has 88 valence electrons. The Morgan fingerprint density at radius 3 is 2.12 bits per heavy atom. The standard InChI is InChI=1S/C9H9Cl2NO3S/c1-6(13)12-7-2-4-8(5-3-7)16(14,15)9(10)11/h2-5,9H,1H3,(H,12,13). The molecule has 1 amide bonds. The number of hydrogen-bond donors (Lipinski definition) is 1. The molecular formula is C9H9Cl2NO3S. The lowest BCUT2D eigenvalue weighted by Crippen LogP contribution is -2.10. The molecule has 0 aromatic heterocycles. The first-order valence-electron chi connectivity index (χ1n) is 4.24. The summed E-state index contributed by atoms with van der Waals surface area (Å²) >= 11 is 10.7. The summed E-state index contributed by atoms with van der Waals surface area (Å²) in [5.41, 5.74) is 0.507. The Kier molecular flexibility index (Phi) is 4.18. The zero-order valence-corrected chi connectivity index (χ0v) is 10.6. The fourth-order valence-electron chi connectivity index (χ4n) is 1.03. The number of carbonyl (C=O) groups excluding carboxylic acids is 1. The van der Waals surface area contributed by atoms with E-state index >= 15 is 0 Å². The molecule has 0 atom stereocenters. The molecule has 0 aliphatic heterocycles. The van der Waals surface area contributed by atoms with Crippen LogP contribution in [0.25, 0.3) is 0 Å². The summed E-state index contributed by atoms with van der Waals surface area (Å²) in [7, 11) is -3.70. The molecule has 1 aromatic rings. The highest BCUT2D eigenvalue weighted by Crippen LogP contribution is 2.22. The quantitative estimate of drug-likeness (QED) is 0.864. The van der Waals surface area contributed by atoms with Crippen LogP contribution in [0.1, 0.15) is 6.92 Å². The van der Waals surface area contributed by atoms with Crippen molar-refractivity contribution in [2.45, 2.75) is 16.0 Å². The maximum atomic E-state index is 11.5. The van der Waals surface area contributed by atoms with Crippen molar-refractivity contribution in [1.29, 1.82) is 0 Å². The summed E-state index contributed by atoms with van der Waals surface area (Å²) in [5, 5.41) is 2.51. The first-order chi connectivity index (χ1) is 7.34. The predicted octanol–water partition coefficient (Wildman–Crippen LogP) is 2.18. The van der Waals surface area contributed by atoms with E-state index in [1.165, 1.54) is 31.2 Å². The Bertz CT molecular complexity index is 482. The van der Waals surface area contributed by atoms with Crippen molar-refractivity contribution in [3.63, 3.8) is 0 Å². The highest BCUT2D eigenvalue weighted by atomic mass is 35.5. The van der Waals surface area contributed by atoms with Gasteiger partial charge in [-0.1, -0.05) is 23.2 Å². The van der Waals surface area contributed by atoms with Crippen molar-refractivity contribution in [2.75, 3.05) is 5.32 Å². The third-order valence-electron chi connectivity index (χ3n) is 1.74. The van der Waals surface area contributed by atoms with Gasteiger partial charge in [-0.15, -0.1) is 0 Å². The number of hydrogen-bond acceptors (Lipinski definition) is 3. The van der Waals surface area contributed by atoms with E-state index in [-0.39, 0.29) is 10.8 Å². The van der Waals surface area contributed by atoms with Gasteiger partial charge in [0.25, 0.3) is 0 Å². The van der Waals surface area contributed by atoms with E-state index < -0.39 is 14.0 Å². The summed E-state index contributed by atoms with van der Waals surface area (Å²) in [5.74, 6) is -0.233. The molecule has 7 heteroatoms. The third kappa shape index (κ3) is 3.10. The normalized spacial score (nSPS) is 11.5. The smallest absolute Gasteiger partial charge is 0.221 e. The average molecular weight is 282 g/mol. The summed E-state index contributed by atoms with van der Waals surface area (Å²) in [4.78, 5) is 10.7. The lowest BCUT2D eigenvalue weighted by atomic mass is 10.3. The number of rotatable bonds is 3. The summed E-state index contributed by atoms with van der Waals surface area (Å²) in [6, 6.07) is 5.59. The molecule has 0 unspecified atom stereocenters. The molecule has 1 aromatic carbocycles. The highest BCUT2D eigenvalue weighted by molar-refractivity contribution is 7.94. The number of alkyl halides is 2. The van der Waals surface area contributed by atoms with Gasteiger partial charge < -0.3 is 5.32 Å². The minimum absolute atomic E-state index is 0.0107. The molecule has 0 spiro atoms. The molecule has 4 nitrogen and oxygen atoms in total. The maximum absolute atomic E-state index is 11.5. The Labute approximate surface area is 103 Å². The van der Waals surface area contributed by atoms with Gasteiger partial charge in [0.05, 0.1) is 4.90 Å². The lowest BCUT2D eigenvalue weighted by molar-refractivity contribution is -0.114. The summed E-state index contributed by atoms with van der Waals surface area (Å²) in [6.45, 7) is 1.36. The lowest BCUT2D eigenvalue weighted by Gasteiger charge is -2.06. The molecule has 16 heavy (non-hydrogen) atoms. The van der Waals surface area contributed by atoms with Crippen LogP contribution in [0.4, 0.5) is 5.69 Å². The minimum atomic E-state index is -3.70. The monoisotopic (exact) mass is 281 g/mol. The van der Waals surface area contributed by atoms with E-state index in [2.05, 4.69) is 5.32 Å². The molecule has 0 fully saturated rings. The summed E-state index contributed by atoms with van der Waals surface area (Å²) in [6.07, 6.45) is 0. The van der Waals surface area contributed by atoms with E-state index in [4.69, 9.17) is 23.2 Å². The van der Waals surface area contributed by atoms with Gasteiger partial charge in [0.15, 0.2) is 0 Å². The molecule has 1 N–H and O–H groups in total. The van der Waals surface area contributed by atoms with Crippen LogP contribution in [0.15, 0.2) is 29.2 Å². The average Bonchev–Trinajstić information content (AvgIpc) is 2.17. The fraction of sp³-hybridized carbons (Fsp3) is 0.222. The first-order valence-corrected chi connectivity index (χ1v) is 6.65. The second kappa shape index (κ2) is 5.03. The van der Waals surface area contributed by atoms with Gasteiger partial charge in [-0.2, -0.15) is 0 Å². The molecule has 0 saturated heterocycles. The molecular weight excluding hydrogens is 273 g/mol. The topological polar surface area (TPSA) is 63.2 Å². The molecule has 0 radical (unpaired) electrons. The number of nitrogens with one attached hydrogen (secondary N) is 1. The largest absolute Gasteiger partial charge is 0.326 e. The van der Waals surface area contributed by atoms with E-state index in [0.29, 0.717) is 5.69 Å². The molecule has 0 saturated carbocycles. The number of sulfone groups is 1. The van der Waals surface area contributed by atoms with Gasteiger partial charge >= 0.3 is 0 Å². The van der Waals surface area contributed by atoms with E-state index in [0.717, 1.165) is 0 Å². The van der Waals surface area contributed by atoms with E-state index in [1.54, 1.807) is 0 Å². The molecule has 0 aliphatic rings. The zero-order valence-electron chi connectivity index (χ0n) is 8.28. The zero-order chi connectivity index (χ0) is 12.3. The van der Waals surface area contributed by atoms with Gasteiger partial charge in [0.2, 0.25) is 19.9 Å². The van der Waals surface area contributed by atoms with Crippen LogP contribution in [0, 0.1) is 0 Å². The third-order valence-corrected chi connectivity index (χ3v) is 4.54. The van der Waals surface area contributed by atoms with Crippen LogP contribution < -0.4 is 5.32 Å². The summed E-state index contributed by atoms with van der Waals surface area (Å²) < 4.78 is 21.5. The van der Waals surface area contributed by atoms with E-state index in [1.807, 2.05) is 0 Å². The van der Waals surface area contributed by atoms with Gasteiger partial charge in [-0.05, 0) is 24.3 Å². The van der Waals surface area contributed by atoms with Crippen molar-refractivity contribution >= 4 is 44.6 Å². The second-order valence-corrected chi connectivity index (χ2v) is 6.66. The Morgan fingerprint density at radius 2 is 1.75 bits per heavy atom. The van der Waals surface area contributed by atoms with Crippen LogP contribution in [0.5, 0.6) is 0 Å². The van der Waals surface area contributed by atoms with Crippen LogP contribution in [0.2, 0.25) is 0 Å². The number of carbonyl (C=O) groups is 1. The number of amides is 1. The van der Waals surface area contributed by atoms with Crippen LogP contribution in [-0.4, -0.2) is 18.5 Å². The van der Waals surface area contributed by atoms with Gasteiger partial charge in [-0.3, -0.25) is 4.79 Å². The van der Waals surface area contributed by atoms with Gasteiger partial charge in [-0.25, -0.2) is 8.42 Å². The van der Waals surface area contributed by atoms with Crippen molar-refractivity contribution in [3.05, 3.63) is 24.3 Å². The molecule has 0 bridgehead atoms. The number of benzene rings is 1. The second-order valence-electron chi connectivity index (χ2n) is 3.01. The number of halogens is 2. The number of anilines is 1. The molecule has 0 heterocycles. The van der Waals surface area contributed by atoms with Crippen molar-refractivity contribution in [3.8, 4) is 0 Å². The minimum Gasteiger partial charge on any atom is -0.326 e. The van der Waals surface area contributed by atoms with Crippen LogP contribution in [0.3, 0.4) is 0 Å². The van der Waals surface area contributed by atoms with Crippen LogP contribution in [-0.2, 0) is 14.6 Å². The van der Waals surface area contributed by atoms with E-state index in [9.17, 15) is 13.2 Å². The maximum Gasteiger partial charge on any atom is 0.221 e. The predicted molar refractivity (Wildman–Crippen MR) is 63.4 cm³/mol. The van der Waals surface area contributed by atoms with Crippen LogP contribution >= 0.6 is 23.2 Å². The molecule has 0 aliphatic carbocycles. The van der Waals surface area contributed by atoms with Gasteiger partial charge in [0, 0.05) is 12.6 Å².